The van der Waals surface area contributed by atoms with Crippen LogP contribution in [0.2, 0.25) is 5.02 Å². The number of amides is 1. The first-order valence-corrected chi connectivity index (χ1v) is 15.0. The number of aliphatic hydroxyl groups is 3. The van der Waals surface area contributed by atoms with Gasteiger partial charge in [0.2, 0.25) is 0 Å². The van der Waals surface area contributed by atoms with Gasteiger partial charge in [0.25, 0.3) is 5.91 Å². The lowest BCUT2D eigenvalue weighted by molar-refractivity contribution is -0.151. The Balaban J connectivity index is 1.52. The first-order chi connectivity index (χ1) is 19.0. The number of benzene rings is 2. The van der Waals surface area contributed by atoms with Gasteiger partial charge in [-0.2, -0.15) is 0 Å². The first kappa shape index (κ1) is 31.4. The Labute approximate surface area is 240 Å². The van der Waals surface area contributed by atoms with Crippen molar-refractivity contribution >= 4 is 38.8 Å². The van der Waals surface area contributed by atoms with Crippen molar-refractivity contribution in [2.24, 2.45) is 11.8 Å². The van der Waals surface area contributed by atoms with Crippen LogP contribution in [0.3, 0.4) is 0 Å². The van der Waals surface area contributed by atoms with Crippen LogP contribution < -0.4 is 5.32 Å². The summed E-state index contributed by atoms with van der Waals surface area (Å²) in [6.07, 6.45) is -0.643. The fourth-order valence-corrected chi connectivity index (χ4v) is 8.31. The van der Waals surface area contributed by atoms with Crippen LogP contribution in [0.4, 0.5) is 18.9 Å². The first-order valence-electron chi connectivity index (χ1n) is 13.1. The SMILES string of the molecule is CC(C)(O)C(O)CCC(=O)C1(O)C2CC[C@H]1CC(S(=O)(=O)c1cc(C(=O)Nc3cc(F)c(F)c(F)c3)ccc1Cl)C2. The topological polar surface area (TPSA) is 141 Å². The third-order valence-corrected chi connectivity index (χ3v) is 10.9. The van der Waals surface area contributed by atoms with E-state index in [1.165, 1.54) is 26.0 Å². The molecule has 224 valence electrons. The van der Waals surface area contributed by atoms with Crippen LogP contribution in [0.25, 0.3) is 0 Å². The van der Waals surface area contributed by atoms with Gasteiger partial charge in [-0.3, -0.25) is 9.59 Å². The summed E-state index contributed by atoms with van der Waals surface area (Å²) < 4.78 is 67.8. The number of aliphatic hydroxyl groups excluding tert-OH is 1. The number of sulfone groups is 1. The maximum Gasteiger partial charge on any atom is 0.255 e. The second kappa shape index (κ2) is 11.3. The maximum absolute atomic E-state index is 13.7. The van der Waals surface area contributed by atoms with Crippen LogP contribution in [-0.4, -0.2) is 58.0 Å². The zero-order valence-corrected chi connectivity index (χ0v) is 23.9. The molecule has 13 heteroatoms. The normalized spacial score (nSPS) is 25.1. The number of anilines is 1. The monoisotopic (exact) mass is 617 g/mol. The van der Waals surface area contributed by atoms with Crippen molar-refractivity contribution in [1.82, 2.24) is 0 Å². The maximum atomic E-state index is 13.7. The highest BCUT2D eigenvalue weighted by Crippen LogP contribution is 2.53. The highest BCUT2D eigenvalue weighted by molar-refractivity contribution is 7.92. The number of carbonyl (C=O) groups is 2. The molecule has 0 aromatic heterocycles. The smallest absolute Gasteiger partial charge is 0.255 e. The second-order valence-electron chi connectivity index (χ2n) is 11.4. The minimum absolute atomic E-state index is 0.0317. The Hall–Kier alpha value is -2.51. The molecule has 0 saturated heterocycles. The fraction of sp³-hybridized carbons (Fsp3) is 0.500. The van der Waals surface area contributed by atoms with Crippen LogP contribution in [0.15, 0.2) is 35.2 Å². The summed E-state index contributed by atoms with van der Waals surface area (Å²) in [6.45, 7) is 2.81. The van der Waals surface area contributed by atoms with Crippen molar-refractivity contribution in [2.45, 2.75) is 79.8 Å². The number of nitrogens with one attached hydrogen (secondary N) is 1. The number of ketones is 1. The minimum atomic E-state index is -4.16. The minimum Gasteiger partial charge on any atom is -0.390 e. The third kappa shape index (κ3) is 6.03. The lowest BCUT2D eigenvalue weighted by atomic mass is 9.70. The lowest BCUT2D eigenvalue weighted by Crippen LogP contribution is -2.53. The van der Waals surface area contributed by atoms with Gasteiger partial charge in [0.15, 0.2) is 33.1 Å². The van der Waals surface area contributed by atoms with Gasteiger partial charge in [-0.15, -0.1) is 0 Å². The van der Waals surface area contributed by atoms with Gasteiger partial charge in [0.05, 0.1) is 26.9 Å². The van der Waals surface area contributed by atoms with Gasteiger partial charge in [-0.1, -0.05) is 11.6 Å². The van der Waals surface area contributed by atoms with E-state index in [-0.39, 0.29) is 46.9 Å². The van der Waals surface area contributed by atoms with E-state index >= 15 is 0 Å². The number of Topliss-reactive ketones (excluding diaryl/α,β-unsaturated/α-hetero) is 1. The molecule has 0 spiro atoms. The van der Waals surface area contributed by atoms with E-state index in [1.54, 1.807) is 0 Å². The molecule has 8 nitrogen and oxygen atoms in total. The van der Waals surface area contributed by atoms with E-state index in [0.29, 0.717) is 25.0 Å². The average Bonchev–Trinajstić information content (AvgIpc) is 3.05. The van der Waals surface area contributed by atoms with Gasteiger partial charge in [0.1, 0.15) is 5.60 Å². The van der Waals surface area contributed by atoms with Crippen LogP contribution in [0, 0.1) is 29.3 Å². The molecule has 2 aliphatic carbocycles. The highest BCUT2D eigenvalue weighted by Gasteiger charge is 2.59. The summed E-state index contributed by atoms with van der Waals surface area (Å²) in [5.74, 6) is -7.46. The van der Waals surface area contributed by atoms with Gasteiger partial charge in [-0.25, -0.2) is 21.6 Å². The quantitative estimate of drug-likeness (QED) is 0.309. The molecule has 4 N–H and O–H groups in total. The summed E-state index contributed by atoms with van der Waals surface area (Å²) in [5, 5.41) is 32.5. The van der Waals surface area contributed by atoms with Crippen LogP contribution in [0.1, 0.15) is 62.7 Å². The van der Waals surface area contributed by atoms with Crippen molar-refractivity contribution in [3.05, 3.63) is 58.4 Å². The van der Waals surface area contributed by atoms with Gasteiger partial charge in [-0.05, 0) is 76.0 Å². The molecule has 2 aliphatic rings. The van der Waals surface area contributed by atoms with Crippen LogP contribution in [-0.2, 0) is 14.6 Å². The lowest BCUT2D eigenvalue weighted by Gasteiger charge is -2.41. The molecule has 2 aromatic carbocycles. The molecule has 0 heterocycles. The molecule has 1 amide bonds. The molecule has 41 heavy (non-hydrogen) atoms. The number of fused-ring (bicyclic) bond motifs is 2. The summed E-state index contributed by atoms with van der Waals surface area (Å²) in [7, 11) is -4.16. The largest absolute Gasteiger partial charge is 0.390 e. The molecule has 5 atom stereocenters. The van der Waals surface area contributed by atoms with E-state index in [2.05, 4.69) is 5.32 Å². The summed E-state index contributed by atoms with van der Waals surface area (Å²) in [5.41, 5.74) is -3.75. The number of rotatable bonds is 9. The van der Waals surface area contributed by atoms with Crippen molar-refractivity contribution < 1.29 is 46.5 Å². The number of carbonyl (C=O) groups excluding carboxylic acids is 2. The molecule has 4 unspecified atom stereocenters. The molecule has 0 radical (unpaired) electrons. The number of halogens is 4. The molecule has 2 aromatic rings. The molecule has 0 aliphatic heterocycles. The van der Waals surface area contributed by atoms with Gasteiger partial charge >= 0.3 is 0 Å². The van der Waals surface area contributed by atoms with E-state index in [0.717, 1.165) is 6.07 Å². The van der Waals surface area contributed by atoms with Gasteiger partial charge < -0.3 is 20.6 Å². The molecular formula is C28H31ClF3NO7S. The zero-order valence-electron chi connectivity index (χ0n) is 22.3. The Kier molecular flexibility index (Phi) is 8.65. The van der Waals surface area contributed by atoms with E-state index in [1.807, 2.05) is 0 Å². The Morgan fingerprint density at radius 2 is 1.66 bits per heavy atom. The zero-order chi connectivity index (χ0) is 30.5. The summed E-state index contributed by atoms with van der Waals surface area (Å²) >= 11 is 6.23. The predicted molar refractivity (Wildman–Crippen MR) is 144 cm³/mol. The predicted octanol–water partition coefficient (Wildman–Crippen LogP) is 4.18. The van der Waals surface area contributed by atoms with Crippen molar-refractivity contribution in [3.8, 4) is 0 Å². The van der Waals surface area contributed by atoms with Crippen LogP contribution >= 0.6 is 11.6 Å². The molecular weight excluding hydrogens is 587 g/mol. The molecule has 2 saturated carbocycles. The average molecular weight is 618 g/mol. The Morgan fingerprint density at radius 3 is 2.20 bits per heavy atom. The summed E-state index contributed by atoms with van der Waals surface area (Å²) in [4.78, 5) is 25.5. The van der Waals surface area contributed by atoms with E-state index in [4.69, 9.17) is 11.6 Å². The van der Waals surface area contributed by atoms with Crippen molar-refractivity contribution in [2.75, 3.05) is 5.32 Å². The fourth-order valence-electron chi connectivity index (χ4n) is 5.90. The number of hydrogen-bond acceptors (Lipinski definition) is 7. The summed E-state index contributed by atoms with van der Waals surface area (Å²) in [6, 6.07) is 4.61. The molecule has 2 fully saturated rings. The standard InChI is InChI=1S/C28H31ClF3NO7S/c1-27(2,37)23(34)7-8-24(35)28(38)15-4-5-16(28)11-18(10-15)41(39,40)22-9-14(3-6-19(22)29)26(36)33-17-12-20(30)25(32)21(31)13-17/h3,6,9,12-13,15-16,18,23,34,37-38H,4-5,7-8,10-11H2,1-2H3,(H,33,36)/t15-,16?,18?,23?,28?/m0/s1. The molecule has 2 bridgehead atoms. The van der Waals surface area contributed by atoms with E-state index in [9.17, 15) is 46.5 Å². The Bertz CT molecular complexity index is 1440. The molecule has 4 rings (SSSR count). The van der Waals surface area contributed by atoms with Crippen molar-refractivity contribution in [3.63, 3.8) is 0 Å². The highest BCUT2D eigenvalue weighted by atomic mass is 35.5. The Morgan fingerprint density at radius 1 is 1.10 bits per heavy atom. The van der Waals surface area contributed by atoms with E-state index < -0.39 is 73.4 Å². The van der Waals surface area contributed by atoms with Crippen molar-refractivity contribution in [1.29, 1.82) is 0 Å². The van der Waals surface area contributed by atoms with Crippen LogP contribution in [0.5, 0.6) is 0 Å². The number of hydrogen-bond donors (Lipinski definition) is 4. The second-order valence-corrected chi connectivity index (χ2v) is 14.0. The van der Waals surface area contributed by atoms with Gasteiger partial charge in [0, 0.05) is 29.8 Å². The third-order valence-electron chi connectivity index (χ3n) is 8.29.